The summed E-state index contributed by atoms with van der Waals surface area (Å²) in [5.74, 6) is 3.52. The van der Waals surface area contributed by atoms with Crippen molar-refractivity contribution < 1.29 is 0 Å². The molecule has 0 saturated carbocycles. The molecule has 0 radical (unpaired) electrons. The summed E-state index contributed by atoms with van der Waals surface area (Å²) in [7, 11) is 0. The maximum atomic E-state index is 2.47. The molecule has 0 bridgehead atoms. The molecule has 0 nitrogen and oxygen atoms in total. The first-order valence-corrected chi connectivity index (χ1v) is 8.23. The molecule has 0 saturated heterocycles. The highest BCUT2D eigenvalue weighted by Gasteiger charge is 2.22. The summed E-state index contributed by atoms with van der Waals surface area (Å²) in [5, 5.41) is 0. The van der Waals surface area contributed by atoms with Gasteiger partial charge < -0.3 is 0 Å². The molecular weight excluding hydrogens is 216 g/mol. The highest BCUT2D eigenvalue weighted by molar-refractivity contribution is 4.73. The van der Waals surface area contributed by atoms with Crippen molar-refractivity contribution >= 4 is 0 Å². The normalized spacial score (nSPS) is 17.8. The molecule has 0 amide bonds. The van der Waals surface area contributed by atoms with Crippen LogP contribution < -0.4 is 0 Å². The third kappa shape index (κ3) is 6.81. The van der Waals surface area contributed by atoms with E-state index in [1.54, 1.807) is 0 Å². The molecule has 0 aliphatic rings. The van der Waals surface area contributed by atoms with Crippen LogP contribution in [0.5, 0.6) is 0 Å². The van der Waals surface area contributed by atoms with Crippen LogP contribution in [0.3, 0.4) is 0 Å². The average Bonchev–Trinajstić information content (AvgIpc) is 2.27. The molecule has 3 atom stereocenters. The lowest BCUT2D eigenvalue weighted by atomic mass is 9.76. The molecule has 0 fully saturated rings. The largest absolute Gasteiger partial charge is 0.0651 e. The van der Waals surface area contributed by atoms with E-state index in [2.05, 4.69) is 55.4 Å². The molecule has 0 aliphatic heterocycles. The van der Waals surface area contributed by atoms with Crippen molar-refractivity contribution in [1.29, 1.82) is 0 Å². The molecule has 0 aromatic heterocycles. The van der Waals surface area contributed by atoms with E-state index in [1.807, 2.05) is 0 Å². The first-order chi connectivity index (χ1) is 8.23. The van der Waals surface area contributed by atoms with E-state index < -0.39 is 0 Å². The second kappa shape index (κ2) is 8.23. The molecule has 0 aromatic carbocycles. The monoisotopic (exact) mass is 254 g/mol. The molecule has 0 rings (SSSR count). The van der Waals surface area contributed by atoms with E-state index in [0.717, 1.165) is 23.7 Å². The van der Waals surface area contributed by atoms with E-state index in [1.165, 1.54) is 32.1 Å². The van der Waals surface area contributed by atoms with E-state index in [4.69, 9.17) is 0 Å². The van der Waals surface area contributed by atoms with Gasteiger partial charge in [-0.2, -0.15) is 0 Å². The summed E-state index contributed by atoms with van der Waals surface area (Å²) in [4.78, 5) is 0. The SMILES string of the molecule is CCC(C(C)C)C(C)CC(C)CCC(C)(C)CC. The molecule has 0 heteroatoms. The maximum absolute atomic E-state index is 2.47. The Bertz CT molecular complexity index is 202. The molecule has 0 N–H and O–H groups in total. The van der Waals surface area contributed by atoms with Crippen LogP contribution in [-0.4, -0.2) is 0 Å². The molecule has 18 heavy (non-hydrogen) atoms. The lowest BCUT2D eigenvalue weighted by Crippen LogP contribution is -2.20. The van der Waals surface area contributed by atoms with Gasteiger partial charge in [0.05, 0.1) is 0 Å². The summed E-state index contributed by atoms with van der Waals surface area (Å²) in [6.45, 7) is 19.2. The third-order valence-electron chi connectivity index (χ3n) is 5.10. The Balaban J connectivity index is 4.11. The lowest BCUT2D eigenvalue weighted by molar-refractivity contribution is 0.208. The van der Waals surface area contributed by atoms with Gasteiger partial charge in [0.2, 0.25) is 0 Å². The van der Waals surface area contributed by atoms with Crippen LogP contribution in [0, 0.1) is 29.1 Å². The van der Waals surface area contributed by atoms with Gasteiger partial charge in [-0.3, -0.25) is 0 Å². The average molecular weight is 255 g/mol. The summed E-state index contributed by atoms with van der Waals surface area (Å²) >= 11 is 0. The van der Waals surface area contributed by atoms with Gasteiger partial charge >= 0.3 is 0 Å². The maximum Gasteiger partial charge on any atom is -0.0357 e. The minimum absolute atomic E-state index is 0.541. The smallest absolute Gasteiger partial charge is 0.0357 e. The Morgan fingerprint density at radius 2 is 1.50 bits per heavy atom. The first-order valence-electron chi connectivity index (χ1n) is 8.23. The number of rotatable bonds is 9. The van der Waals surface area contributed by atoms with Crippen LogP contribution in [0.4, 0.5) is 0 Å². The third-order valence-corrected chi connectivity index (χ3v) is 5.10. The van der Waals surface area contributed by atoms with Gasteiger partial charge in [-0.05, 0) is 41.9 Å². The minimum Gasteiger partial charge on any atom is -0.0651 e. The number of hydrogen-bond acceptors (Lipinski definition) is 0. The van der Waals surface area contributed by atoms with Gasteiger partial charge in [0.15, 0.2) is 0 Å². The molecule has 0 spiro atoms. The predicted octanol–water partition coefficient (Wildman–Crippen LogP) is 6.55. The van der Waals surface area contributed by atoms with Crippen molar-refractivity contribution in [2.75, 3.05) is 0 Å². The zero-order valence-electron chi connectivity index (χ0n) is 14.3. The fourth-order valence-corrected chi connectivity index (χ4v) is 3.27. The predicted molar refractivity (Wildman–Crippen MR) is 84.9 cm³/mol. The van der Waals surface area contributed by atoms with E-state index >= 15 is 0 Å². The molecular formula is C18H38. The summed E-state index contributed by atoms with van der Waals surface area (Å²) in [6.07, 6.45) is 6.84. The van der Waals surface area contributed by atoms with Crippen molar-refractivity contribution in [2.45, 2.75) is 87.5 Å². The molecule has 3 unspecified atom stereocenters. The topological polar surface area (TPSA) is 0 Å². The van der Waals surface area contributed by atoms with E-state index in [9.17, 15) is 0 Å². The Morgan fingerprint density at radius 3 is 1.89 bits per heavy atom. The number of hydrogen-bond donors (Lipinski definition) is 0. The van der Waals surface area contributed by atoms with Crippen molar-refractivity contribution in [3.63, 3.8) is 0 Å². The molecule has 0 aromatic rings. The van der Waals surface area contributed by atoms with Gasteiger partial charge in [-0.1, -0.05) is 74.7 Å². The van der Waals surface area contributed by atoms with Crippen molar-refractivity contribution in [3.8, 4) is 0 Å². The van der Waals surface area contributed by atoms with Crippen LogP contribution >= 0.6 is 0 Å². The highest BCUT2D eigenvalue weighted by atomic mass is 14.3. The van der Waals surface area contributed by atoms with E-state index in [0.29, 0.717) is 5.41 Å². The second-order valence-electron chi connectivity index (χ2n) is 7.69. The minimum atomic E-state index is 0.541. The summed E-state index contributed by atoms with van der Waals surface area (Å²) in [5.41, 5.74) is 0.541. The van der Waals surface area contributed by atoms with Crippen LogP contribution in [0.15, 0.2) is 0 Å². The van der Waals surface area contributed by atoms with Gasteiger partial charge in [0.1, 0.15) is 0 Å². The van der Waals surface area contributed by atoms with Crippen molar-refractivity contribution in [1.82, 2.24) is 0 Å². The van der Waals surface area contributed by atoms with Gasteiger partial charge in [0, 0.05) is 0 Å². The molecule has 0 aliphatic carbocycles. The molecule has 110 valence electrons. The second-order valence-corrected chi connectivity index (χ2v) is 7.69. The van der Waals surface area contributed by atoms with Crippen LogP contribution in [0.2, 0.25) is 0 Å². The Kier molecular flexibility index (Phi) is 8.23. The van der Waals surface area contributed by atoms with Crippen LogP contribution in [-0.2, 0) is 0 Å². The van der Waals surface area contributed by atoms with Crippen molar-refractivity contribution in [2.24, 2.45) is 29.1 Å². The Labute approximate surface area is 117 Å². The molecule has 0 heterocycles. The standard InChI is InChI=1S/C18H38/c1-9-17(14(3)4)16(6)13-15(5)11-12-18(7,8)10-2/h14-17H,9-13H2,1-8H3. The zero-order chi connectivity index (χ0) is 14.3. The summed E-state index contributed by atoms with van der Waals surface area (Å²) in [6, 6.07) is 0. The quantitative estimate of drug-likeness (QED) is 0.438. The zero-order valence-corrected chi connectivity index (χ0v) is 14.3. The Morgan fingerprint density at radius 1 is 0.944 bits per heavy atom. The Hall–Kier alpha value is 0. The summed E-state index contributed by atoms with van der Waals surface area (Å²) < 4.78 is 0. The van der Waals surface area contributed by atoms with Crippen molar-refractivity contribution in [3.05, 3.63) is 0 Å². The van der Waals surface area contributed by atoms with Crippen LogP contribution in [0.1, 0.15) is 87.5 Å². The first kappa shape index (κ1) is 18.0. The van der Waals surface area contributed by atoms with Crippen LogP contribution in [0.25, 0.3) is 0 Å². The fraction of sp³-hybridized carbons (Fsp3) is 1.00. The van der Waals surface area contributed by atoms with Gasteiger partial charge in [-0.25, -0.2) is 0 Å². The fourth-order valence-electron chi connectivity index (χ4n) is 3.27. The van der Waals surface area contributed by atoms with E-state index in [-0.39, 0.29) is 0 Å². The van der Waals surface area contributed by atoms with Gasteiger partial charge in [0.25, 0.3) is 0 Å². The highest BCUT2D eigenvalue weighted by Crippen LogP contribution is 2.33. The van der Waals surface area contributed by atoms with Gasteiger partial charge in [-0.15, -0.1) is 0 Å². The lowest BCUT2D eigenvalue weighted by Gasteiger charge is -2.30.